The number of hydrogen-bond acceptors (Lipinski definition) is 3. The molecule has 1 aliphatic heterocycles. The number of benzene rings is 3. The van der Waals surface area contributed by atoms with Crippen molar-refractivity contribution >= 4 is 50.9 Å². The summed E-state index contributed by atoms with van der Waals surface area (Å²) in [6, 6.07) is 21.7. The van der Waals surface area contributed by atoms with E-state index in [-0.39, 0.29) is 28.8 Å². The molecule has 3 aromatic rings. The van der Waals surface area contributed by atoms with Gasteiger partial charge in [0.25, 0.3) is 0 Å². The number of rotatable bonds is 6. The maximum absolute atomic E-state index is 13.4. The van der Waals surface area contributed by atoms with Crippen LogP contribution in [0.2, 0.25) is 5.02 Å². The van der Waals surface area contributed by atoms with Crippen molar-refractivity contribution < 1.29 is 18.8 Å². The Morgan fingerprint density at radius 3 is 2.41 bits per heavy atom. The number of nitrogens with zero attached hydrogens (tertiary/aromatic N) is 1. The molecule has 2 aliphatic rings. The minimum atomic E-state index is -0.632. The van der Waals surface area contributed by atoms with Crippen molar-refractivity contribution in [2.45, 2.75) is 31.2 Å². The summed E-state index contributed by atoms with van der Waals surface area (Å²) in [6.07, 6.45) is 1.77. The largest absolute Gasteiger partial charge is 0.341 e. The topological polar surface area (TPSA) is 78.5 Å². The number of carbonyl (C=O) groups excluding carboxylic acids is 3. The van der Waals surface area contributed by atoms with Gasteiger partial charge in [-0.25, -0.2) is 4.39 Å². The smallest absolute Gasteiger partial charge is 0.311 e. The van der Waals surface area contributed by atoms with Crippen LogP contribution in [0.1, 0.15) is 42.3 Å². The Kier molecular flexibility index (Phi) is 8.33. The van der Waals surface area contributed by atoms with E-state index < -0.39 is 17.6 Å². The molecule has 0 spiro atoms. The Bertz CT molecular complexity index is 1380. The number of likely N-dealkylation sites (tertiary alicyclic amines) is 1. The van der Waals surface area contributed by atoms with Crippen molar-refractivity contribution in [1.29, 1.82) is 0 Å². The first kappa shape index (κ1) is 27.3. The van der Waals surface area contributed by atoms with Gasteiger partial charge in [-0.05, 0) is 72.6 Å². The molecule has 0 radical (unpaired) electrons. The van der Waals surface area contributed by atoms with Crippen molar-refractivity contribution in [3.63, 3.8) is 0 Å². The number of hydrogen-bond donors (Lipinski definition) is 2. The SMILES string of the molecule is O=C(NC(c1ccccc1)C1CC1c1cccc(Br)c1)C(=O)N1CCC(C(=O)Nc2ccc(F)c(Cl)c2)CC1. The van der Waals surface area contributed by atoms with Gasteiger partial charge in [0.1, 0.15) is 5.82 Å². The molecule has 202 valence electrons. The van der Waals surface area contributed by atoms with Gasteiger partial charge < -0.3 is 15.5 Å². The predicted octanol–water partition coefficient (Wildman–Crippen LogP) is 6.08. The molecule has 9 heteroatoms. The average molecular weight is 613 g/mol. The second kappa shape index (κ2) is 11.9. The highest BCUT2D eigenvalue weighted by Crippen LogP contribution is 2.54. The molecule has 6 nitrogen and oxygen atoms in total. The van der Waals surface area contributed by atoms with Gasteiger partial charge in [0.15, 0.2) is 0 Å². The van der Waals surface area contributed by atoms with Crippen LogP contribution in [0.5, 0.6) is 0 Å². The molecule has 3 atom stereocenters. The summed E-state index contributed by atoms with van der Waals surface area (Å²) < 4.78 is 14.4. The zero-order valence-corrected chi connectivity index (χ0v) is 23.4. The lowest BCUT2D eigenvalue weighted by molar-refractivity contribution is -0.147. The first-order valence-electron chi connectivity index (χ1n) is 13.0. The molecule has 3 amide bonds. The molecule has 0 bridgehead atoms. The predicted molar refractivity (Wildman–Crippen MR) is 152 cm³/mol. The fourth-order valence-corrected chi connectivity index (χ4v) is 5.91. The zero-order chi connectivity index (χ0) is 27.5. The van der Waals surface area contributed by atoms with Crippen molar-refractivity contribution in [3.8, 4) is 0 Å². The molecule has 2 fully saturated rings. The third kappa shape index (κ3) is 6.50. The first-order valence-corrected chi connectivity index (χ1v) is 14.1. The van der Waals surface area contributed by atoms with E-state index in [0.717, 1.165) is 16.5 Å². The fraction of sp³-hybridized carbons (Fsp3) is 0.300. The summed E-state index contributed by atoms with van der Waals surface area (Å²) in [6.45, 7) is 0.600. The molecule has 1 aliphatic carbocycles. The van der Waals surface area contributed by atoms with Crippen LogP contribution in [-0.2, 0) is 14.4 Å². The van der Waals surface area contributed by atoms with Gasteiger partial charge in [-0.15, -0.1) is 0 Å². The van der Waals surface area contributed by atoms with E-state index in [1.807, 2.05) is 42.5 Å². The van der Waals surface area contributed by atoms with Crippen LogP contribution in [0.3, 0.4) is 0 Å². The van der Waals surface area contributed by atoms with Crippen molar-refractivity contribution in [3.05, 3.63) is 99.2 Å². The van der Waals surface area contributed by atoms with Crippen LogP contribution in [0.15, 0.2) is 77.3 Å². The van der Waals surface area contributed by atoms with E-state index in [0.29, 0.717) is 37.5 Å². The van der Waals surface area contributed by atoms with Gasteiger partial charge in [0.2, 0.25) is 5.91 Å². The lowest BCUT2D eigenvalue weighted by Crippen LogP contribution is -2.48. The van der Waals surface area contributed by atoms with Crippen LogP contribution in [0.4, 0.5) is 10.1 Å². The summed E-state index contributed by atoms with van der Waals surface area (Å²) >= 11 is 9.33. The lowest BCUT2D eigenvalue weighted by Gasteiger charge is -2.31. The number of piperidine rings is 1. The number of carbonyl (C=O) groups is 3. The molecule has 2 N–H and O–H groups in total. The van der Waals surface area contributed by atoms with Gasteiger partial charge in [0, 0.05) is 29.2 Å². The Balaban J connectivity index is 1.19. The highest BCUT2D eigenvalue weighted by Gasteiger charge is 2.45. The third-order valence-corrected chi connectivity index (χ3v) is 8.31. The van der Waals surface area contributed by atoms with Crippen LogP contribution in [-0.4, -0.2) is 35.7 Å². The maximum Gasteiger partial charge on any atom is 0.311 e. The van der Waals surface area contributed by atoms with Crippen molar-refractivity contribution in [2.75, 3.05) is 18.4 Å². The zero-order valence-electron chi connectivity index (χ0n) is 21.1. The molecule has 1 heterocycles. The highest BCUT2D eigenvalue weighted by atomic mass is 79.9. The standard InChI is InChI=1S/C30H28BrClFN3O3/c31-21-8-4-7-20(15-21)23-17-24(23)27(18-5-2-1-3-6-18)35-29(38)30(39)36-13-11-19(12-14-36)28(37)34-22-9-10-26(33)25(32)16-22/h1-10,15-16,19,23-24,27H,11-14,17H2,(H,34,37)(H,35,38). The highest BCUT2D eigenvalue weighted by molar-refractivity contribution is 9.10. The van der Waals surface area contributed by atoms with Crippen LogP contribution in [0.25, 0.3) is 0 Å². The summed E-state index contributed by atoms with van der Waals surface area (Å²) in [4.78, 5) is 40.4. The summed E-state index contributed by atoms with van der Waals surface area (Å²) in [5.41, 5.74) is 2.59. The molecule has 39 heavy (non-hydrogen) atoms. The first-order chi connectivity index (χ1) is 18.8. The minimum absolute atomic E-state index is 0.0674. The second-order valence-corrected chi connectivity index (χ2v) is 11.4. The molecule has 1 saturated heterocycles. The second-order valence-electron chi connectivity index (χ2n) is 10.1. The van der Waals surface area contributed by atoms with Crippen LogP contribution < -0.4 is 10.6 Å². The molecule has 0 aromatic heterocycles. The monoisotopic (exact) mass is 611 g/mol. The summed E-state index contributed by atoms with van der Waals surface area (Å²) in [7, 11) is 0. The fourth-order valence-electron chi connectivity index (χ4n) is 5.31. The van der Waals surface area contributed by atoms with Crippen molar-refractivity contribution in [1.82, 2.24) is 10.2 Å². The number of halogens is 3. The lowest BCUT2D eigenvalue weighted by atomic mass is 9.95. The van der Waals surface area contributed by atoms with E-state index >= 15 is 0 Å². The Morgan fingerprint density at radius 1 is 0.974 bits per heavy atom. The van der Waals surface area contributed by atoms with Gasteiger partial charge in [-0.2, -0.15) is 0 Å². The Hall–Kier alpha value is -3.23. The van der Waals surface area contributed by atoms with Crippen LogP contribution >= 0.6 is 27.5 Å². The molecule has 1 saturated carbocycles. The van der Waals surface area contributed by atoms with E-state index in [4.69, 9.17) is 11.6 Å². The van der Waals surface area contributed by atoms with E-state index in [9.17, 15) is 18.8 Å². The van der Waals surface area contributed by atoms with Gasteiger partial charge in [-0.1, -0.05) is 70.0 Å². The Labute approximate surface area is 240 Å². The van der Waals surface area contributed by atoms with Crippen molar-refractivity contribution in [2.24, 2.45) is 11.8 Å². The number of anilines is 1. The molecule has 3 unspecified atom stereocenters. The van der Waals surface area contributed by atoms with E-state index in [1.165, 1.54) is 28.7 Å². The molecule has 5 rings (SSSR count). The quantitative estimate of drug-likeness (QED) is 0.331. The van der Waals surface area contributed by atoms with Gasteiger partial charge in [-0.3, -0.25) is 14.4 Å². The summed E-state index contributed by atoms with van der Waals surface area (Å²) in [5, 5.41) is 5.71. The Morgan fingerprint density at radius 2 is 1.72 bits per heavy atom. The summed E-state index contributed by atoms with van der Waals surface area (Å²) in [5.74, 6) is -1.82. The van der Waals surface area contributed by atoms with Gasteiger partial charge in [0.05, 0.1) is 11.1 Å². The number of amides is 3. The average Bonchev–Trinajstić information content (AvgIpc) is 3.74. The van der Waals surface area contributed by atoms with Crippen LogP contribution in [0, 0.1) is 17.7 Å². The van der Waals surface area contributed by atoms with E-state index in [2.05, 4.69) is 38.7 Å². The molecular formula is C30H28BrClFN3O3. The minimum Gasteiger partial charge on any atom is -0.341 e. The normalized spacial score (nSPS) is 19.7. The van der Waals surface area contributed by atoms with E-state index in [1.54, 1.807) is 0 Å². The third-order valence-electron chi connectivity index (χ3n) is 7.52. The molecular weight excluding hydrogens is 585 g/mol. The van der Waals surface area contributed by atoms with Gasteiger partial charge >= 0.3 is 11.8 Å². The molecule has 3 aromatic carbocycles. The number of nitrogens with one attached hydrogen (secondary N) is 2. The maximum atomic E-state index is 13.4.